The number of nitrogens with one attached hydrogen (secondary N) is 2. The lowest BCUT2D eigenvalue weighted by molar-refractivity contribution is 0.0940. The summed E-state index contributed by atoms with van der Waals surface area (Å²) in [6, 6.07) is 14.8. The van der Waals surface area contributed by atoms with E-state index in [0.717, 1.165) is 16.8 Å². The molecule has 2 heterocycles. The molecule has 0 bridgehead atoms. The van der Waals surface area contributed by atoms with Crippen LogP contribution in [0.2, 0.25) is 0 Å². The average Bonchev–Trinajstić information content (AvgIpc) is 3.30. The second-order valence-electron chi connectivity index (χ2n) is 6.46. The fraction of sp³-hybridized carbons (Fsp3) is 0.150. The number of hydrogen-bond donors (Lipinski definition) is 2. The van der Waals surface area contributed by atoms with Crippen molar-refractivity contribution in [2.75, 3.05) is 0 Å². The highest BCUT2D eigenvalue weighted by Gasteiger charge is 2.13. The highest BCUT2D eigenvalue weighted by Crippen LogP contribution is 2.17. The minimum atomic E-state index is -0.201. The number of fused-ring (bicyclic) bond motifs is 1. The van der Waals surface area contributed by atoms with Gasteiger partial charge < -0.3 is 10.3 Å². The largest absolute Gasteiger partial charge is 0.346 e. The van der Waals surface area contributed by atoms with Gasteiger partial charge in [0.05, 0.1) is 22.8 Å². The highest BCUT2D eigenvalue weighted by atomic mass is 16.2. The van der Waals surface area contributed by atoms with Crippen LogP contribution in [0.4, 0.5) is 0 Å². The fourth-order valence-electron chi connectivity index (χ4n) is 3.08. The van der Waals surface area contributed by atoms with Crippen LogP contribution in [0.1, 0.15) is 28.9 Å². The van der Waals surface area contributed by atoms with E-state index in [1.807, 2.05) is 43.5 Å². The lowest BCUT2D eigenvalue weighted by Crippen LogP contribution is -2.26. The SMILES string of the molecule is CC(NC(=O)c1ccc2c(c1)[nH]c(=O)n2C)c1ccc(-n2cccn2)cc1. The minimum absolute atomic E-state index is 0.158. The summed E-state index contributed by atoms with van der Waals surface area (Å²) in [4.78, 5) is 27.0. The Balaban J connectivity index is 1.51. The number of rotatable bonds is 4. The molecular weight excluding hydrogens is 342 g/mol. The second kappa shape index (κ2) is 6.60. The standard InChI is InChI=1S/C20H19N5O2/c1-13(14-4-7-16(8-5-14)25-11-3-10-21-25)22-19(26)15-6-9-18-17(12-15)23-20(27)24(18)2/h3-13H,1-2H3,(H,22,26)(H,23,27). The maximum Gasteiger partial charge on any atom is 0.326 e. The van der Waals surface area contributed by atoms with Gasteiger partial charge in [-0.1, -0.05) is 12.1 Å². The Morgan fingerprint density at radius 1 is 1.19 bits per heavy atom. The molecule has 2 N–H and O–H groups in total. The zero-order chi connectivity index (χ0) is 19.0. The molecule has 0 radical (unpaired) electrons. The number of H-pyrrole nitrogens is 1. The molecule has 0 spiro atoms. The van der Waals surface area contributed by atoms with E-state index < -0.39 is 0 Å². The zero-order valence-electron chi connectivity index (χ0n) is 15.0. The van der Waals surface area contributed by atoms with Crippen molar-refractivity contribution >= 4 is 16.9 Å². The second-order valence-corrected chi connectivity index (χ2v) is 6.46. The Bertz CT molecular complexity index is 1150. The molecule has 1 amide bonds. The van der Waals surface area contributed by atoms with E-state index in [4.69, 9.17) is 0 Å². The van der Waals surface area contributed by atoms with Gasteiger partial charge in [-0.25, -0.2) is 9.48 Å². The third kappa shape index (κ3) is 3.15. The molecule has 0 saturated heterocycles. The average molecular weight is 361 g/mol. The molecule has 0 fully saturated rings. The number of nitrogens with zero attached hydrogens (tertiary/aromatic N) is 3. The summed E-state index contributed by atoms with van der Waals surface area (Å²) in [5, 5.41) is 7.19. The number of benzene rings is 2. The first kappa shape index (κ1) is 16.8. The van der Waals surface area contributed by atoms with Crippen molar-refractivity contribution in [2.45, 2.75) is 13.0 Å². The Labute approximate surface area is 155 Å². The predicted molar refractivity (Wildman–Crippen MR) is 103 cm³/mol. The number of carbonyl (C=O) groups is 1. The minimum Gasteiger partial charge on any atom is -0.346 e. The van der Waals surface area contributed by atoms with Crippen LogP contribution in [-0.4, -0.2) is 25.2 Å². The van der Waals surface area contributed by atoms with Crippen LogP contribution in [0.5, 0.6) is 0 Å². The van der Waals surface area contributed by atoms with Crippen LogP contribution in [0.25, 0.3) is 16.7 Å². The van der Waals surface area contributed by atoms with Crippen LogP contribution in [0, 0.1) is 0 Å². The quantitative estimate of drug-likeness (QED) is 0.586. The van der Waals surface area contributed by atoms with Crippen molar-refractivity contribution in [1.29, 1.82) is 0 Å². The van der Waals surface area contributed by atoms with Gasteiger partial charge in [-0.3, -0.25) is 9.36 Å². The van der Waals surface area contributed by atoms with Crippen molar-refractivity contribution in [2.24, 2.45) is 7.05 Å². The van der Waals surface area contributed by atoms with Crippen LogP contribution in [0.15, 0.2) is 65.7 Å². The van der Waals surface area contributed by atoms with Gasteiger partial charge in [0, 0.05) is 25.0 Å². The summed E-state index contributed by atoms with van der Waals surface area (Å²) in [5.41, 5.74) is 3.66. The topological polar surface area (TPSA) is 84.7 Å². The normalized spacial score (nSPS) is 12.2. The van der Waals surface area contributed by atoms with Crippen LogP contribution in [-0.2, 0) is 7.05 Å². The first-order chi connectivity index (χ1) is 13.0. The number of imidazole rings is 1. The van der Waals surface area contributed by atoms with Crippen molar-refractivity contribution in [3.63, 3.8) is 0 Å². The molecule has 4 rings (SSSR count). The molecule has 0 saturated carbocycles. The molecule has 0 aliphatic heterocycles. The van der Waals surface area contributed by atoms with Crippen LogP contribution in [0.3, 0.4) is 0 Å². The Hall–Kier alpha value is -3.61. The smallest absolute Gasteiger partial charge is 0.326 e. The summed E-state index contributed by atoms with van der Waals surface area (Å²) in [6.07, 6.45) is 3.61. The number of amides is 1. The summed E-state index contributed by atoms with van der Waals surface area (Å²) in [7, 11) is 1.69. The first-order valence-corrected chi connectivity index (χ1v) is 8.62. The predicted octanol–water partition coefficient (Wildman–Crippen LogP) is 2.54. The molecule has 136 valence electrons. The number of hydrogen-bond acceptors (Lipinski definition) is 3. The highest BCUT2D eigenvalue weighted by molar-refractivity contribution is 5.97. The molecule has 7 nitrogen and oxygen atoms in total. The lowest BCUT2D eigenvalue weighted by atomic mass is 10.1. The van der Waals surface area contributed by atoms with E-state index in [1.54, 1.807) is 36.1 Å². The Morgan fingerprint density at radius 3 is 2.67 bits per heavy atom. The van der Waals surface area contributed by atoms with E-state index in [-0.39, 0.29) is 17.6 Å². The molecule has 2 aromatic carbocycles. The molecule has 0 aliphatic rings. The van der Waals surface area contributed by atoms with Gasteiger partial charge in [0.2, 0.25) is 0 Å². The molecule has 4 aromatic rings. The van der Waals surface area contributed by atoms with Crippen LogP contribution < -0.4 is 11.0 Å². The monoisotopic (exact) mass is 361 g/mol. The van der Waals surface area contributed by atoms with E-state index in [1.165, 1.54) is 4.57 Å². The molecule has 2 aromatic heterocycles. The third-order valence-electron chi connectivity index (χ3n) is 4.68. The van der Waals surface area contributed by atoms with Crippen molar-refractivity contribution in [3.8, 4) is 5.69 Å². The molecule has 0 aliphatic carbocycles. The van der Waals surface area contributed by atoms with E-state index >= 15 is 0 Å². The first-order valence-electron chi connectivity index (χ1n) is 8.62. The van der Waals surface area contributed by atoms with E-state index in [0.29, 0.717) is 11.1 Å². The fourth-order valence-corrected chi connectivity index (χ4v) is 3.08. The Kier molecular flexibility index (Phi) is 4.12. The lowest BCUT2D eigenvalue weighted by Gasteiger charge is -2.15. The number of aryl methyl sites for hydroxylation is 1. The number of aromatic nitrogens is 4. The molecule has 27 heavy (non-hydrogen) atoms. The summed E-state index contributed by atoms with van der Waals surface area (Å²) in [5.74, 6) is -0.190. The number of aromatic amines is 1. The van der Waals surface area contributed by atoms with Crippen molar-refractivity contribution < 1.29 is 4.79 Å². The van der Waals surface area contributed by atoms with Crippen molar-refractivity contribution in [1.82, 2.24) is 24.6 Å². The Morgan fingerprint density at radius 2 is 1.96 bits per heavy atom. The molecule has 7 heteroatoms. The van der Waals surface area contributed by atoms with Gasteiger partial charge in [0.15, 0.2) is 0 Å². The molecular formula is C20H19N5O2. The third-order valence-corrected chi connectivity index (χ3v) is 4.68. The van der Waals surface area contributed by atoms with Crippen LogP contribution >= 0.6 is 0 Å². The number of carbonyl (C=O) groups excluding carboxylic acids is 1. The van der Waals surface area contributed by atoms with E-state index in [2.05, 4.69) is 15.4 Å². The van der Waals surface area contributed by atoms with Crippen molar-refractivity contribution in [3.05, 3.63) is 82.5 Å². The molecule has 1 atom stereocenters. The van der Waals surface area contributed by atoms with Gasteiger partial charge in [0.25, 0.3) is 5.91 Å². The van der Waals surface area contributed by atoms with Gasteiger partial charge in [-0.05, 0) is 48.9 Å². The van der Waals surface area contributed by atoms with Gasteiger partial charge in [-0.2, -0.15) is 5.10 Å². The molecule has 1 unspecified atom stereocenters. The van der Waals surface area contributed by atoms with Gasteiger partial charge >= 0.3 is 5.69 Å². The maximum absolute atomic E-state index is 12.6. The summed E-state index contributed by atoms with van der Waals surface area (Å²) < 4.78 is 3.30. The van der Waals surface area contributed by atoms with Gasteiger partial charge in [-0.15, -0.1) is 0 Å². The van der Waals surface area contributed by atoms with Gasteiger partial charge in [0.1, 0.15) is 0 Å². The maximum atomic E-state index is 12.6. The summed E-state index contributed by atoms with van der Waals surface area (Å²) >= 11 is 0. The summed E-state index contributed by atoms with van der Waals surface area (Å²) in [6.45, 7) is 1.93. The zero-order valence-corrected chi connectivity index (χ0v) is 15.0. The van der Waals surface area contributed by atoms with E-state index in [9.17, 15) is 9.59 Å².